The number of methoxy groups -OCH3 is 1. The molecule has 2 saturated heterocycles. The molecular weight excluding hydrogens is 311 g/mol. The first-order chi connectivity index (χ1) is 10.9. The molecule has 0 N–H and O–H groups in total. The van der Waals surface area contributed by atoms with Crippen LogP contribution in [0.5, 0.6) is 0 Å². The number of piperidine rings is 1. The quantitative estimate of drug-likeness (QED) is 0.751. The lowest BCUT2D eigenvalue weighted by molar-refractivity contribution is -0.153. The van der Waals surface area contributed by atoms with Crippen molar-refractivity contribution in [2.75, 3.05) is 66.1 Å². The highest BCUT2D eigenvalue weighted by atomic mass is 19.4. The number of nitrogens with zero attached hydrogens (tertiary/aromatic N) is 3. The topological polar surface area (TPSA) is 36.0 Å². The molecule has 8 heteroatoms. The third-order valence-electron chi connectivity index (χ3n) is 4.64. The van der Waals surface area contributed by atoms with Crippen LogP contribution in [0.3, 0.4) is 0 Å². The molecular formula is C15H26F3N3O2. The summed E-state index contributed by atoms with van der Waals surface area (Å²) in [4.78, 5) is 17.9. The van der Waals surface area contributed by atoms with E-state index in [1.165, 1.54) is 4.90 Å². The standard InChI is InChI=1S/C15H26F3N3O2/c1-23-11-10-19-4-2-13(3-5-19)14(22)21-8-6-20(7-9-21)12-15(16,17)18/h13H,2-12H2,1H3. The molecule has 0 aromatic rings. The number of carbonyl (C=O) groups is 1. The van der Waals surface area contributed by atoms with E-state index < -0.39 is 12.7 Å². The van der Waals surface area contributed by atoms with E-state index in [-0.39, 0.29) is 11.8 Å². The van der Waals surface area contributed by atoms with Gasteiger partial charge in [-0.25, -0.2) is 0 Å². The molecule has 2 aliphatic heterocycles. The minimum Gasteiger partial charge on any atom is -0.383 e. The molecule has 0 bridgehead atoms. The van der Waals surface area contributed by atoms with Gasteiger partial charge in [0.25, 0.3) is 0 Å². The van der Waals surface area contributed by atoms with Gasteiger partial charge in [-0.15, -0.1) is 0 Å². The van der Waals surface area contributed by atoms with Crippen molar-refractivity contribution in [3.8, 4) is 0 Å². The Balaban J connectivity index is 1.71. The fourth-order valence-electron chi connectivity index (χ4n) is 3.26. The molecule has 0 unspecified atom stereocenters. The Kier molecular flexibility index (Phi) is 6.67. The zero-order chi connectivity index (χ0) is 16.9. The lowest BCUT2D eigenvalue weighted by Crippen LogP contribution is -2.53. The summed E-state index contributed by atoms with van der Waals surface area (Å²) in [6.45, 7) is 3.87. The molecule has 0 atom stereocenters. The van der Waals surface area contributed by atoms with Crippen LogP contribution in [0, 0.1) is 5.92 Å². The first-order valence-electron chi connectivity index (χ1n) is 8.18. The van der Waals surface area contributed by atoms with Gasteiger partial charge in [-0.3, -0.25) is 9.69 Å². The SMILES string of the molecule is COCCN1CCC(C(=O)N2CCN(CC(F)(F)F)CC2)CC1. The molecule has 2 aliphatic rings. The Morgan fingerprint density at radius 1 is 1.04 bits per heavy atom. The zero-order valence-electron chi connectivity index (χ0n) is 13.6. The van der Waals surface area contributed by atoms with E-state index >= 15 is 0 Å². The van der Waals surface area contributed by atoms with Gasteiger partial charge in [0.1, 0.15) is 0 Å². The number of alkyl halides is 3. The second-order valence-electron chi connectivity index (χ2n) is 6.33. The number of halogens is 3. The summed E-state index contributed by atoms with van der Waals surface area (Å²) in [6.07, 6.45) is -2.52. The number of hydrogen-bond donors (Lipinski definition) is 0. The van der Waals surface area contributed by atoms with Crippen molar-refractivity contribution < 1.29 is 22.7 Å². The lowest BCUT2D eigenvalue weighted by atomic mass is 9.95. The number of likely N-dealkylation sites (tertiary alicyclic amines) is 1. The molecule has 2 rings (SSSR count). The molecule has 0 aromatic carbocycles. The number of piperazine rings is 1. The summed E-state index contributed by atoms with van der Waals surface area (Å²) in [6, 6.07) is 0. The maximum absolute atomic E-state index is 12.5. The molecule has 134 valence electrons. The van der Waals surface area contributed by atoms with Crippen LogP contribution in [0.25, 0.3) is 0 Å². The average molecular weight is 337 g/mol. The fourth-order valence-corrected chi connectivity index (χ4v) is 3.26. The second-order valence-corrected chi connectivity index (χ2v) is 6.33. The molecule has 0 spiro atoms. The average Bonchev–Trinajstić information content (AvgIpc) is 2.52. The summed E-state index contributed by atoms with van der Waals surface area (Å²) >= 11 is 0. The van der Waals surface area contributed by atoms with Gasteiger partial charge in [0.15, 0.2) is 0 Å². The highest BCUT2D eigenvalue weighted by Gasteiger charge is 2.34. The minimum atomic E-state index is -4.17. The third-order valence-corrected chi connectivity index (χ3v) is 4.64. The van der Waals surface area contributed by atoms with Crippen molar-refractivity contribution >= 4 is 5.91 Å². The fraction of sp³-hybridized carbons (Fsp3) is 0.933. The second kappa shape index (κ2) is 8.30. The van der Waals surface area contributed by atoms with Crippen molar-refractivity contribution in [3.05, 3.63) is 0 Å². The van der Waals surface area contributed by atoms with Crippen LogP contribution in [0.4, 0.5) is 13.2 Å². The van der Waals surface area contributed by atoms with Crippen LogP contribution >= 0.6 is 0 Å². The van der Waals surface area contributed by atoms with E-state index in [1.54, 1.807) is 12.0 Å². The van der Waals surface area contributed by atoms with E-state index in [4.69, 9.17) is 4.74 Å². The number of hydrogen-bond acceptors (Lipinski definition) is 4. The Hall–Kier alpha value is -0.860. The van der Waals surface area contributed by atoms with Crippen LogP contribution in [0.1, 0.15) is 12.8 Å². The van der Waals surface area contributed by atoms with Gasteiger partial charge in [0.05, 0.1) is 13.2 Å². The van der Waals surface area contributed by atoms with Crippen LogP contribution in [-0.2, 0) is 9.53 Å². The van der Waals surface area contributed by atoms with Gasteiger partial charge in [-0.05, 0) is 25.9 Å². The van der Waals surface area contributed by atoms with E-state index in [9.17, 15) is 18.0 Å². The predicted molar refractivity (Wildman–Crippen MR) is 80.1 cm³/mol. The normalized spacial score (nSPS) is 22.5. The maximum atomic E-state index is 12.5. The van der Waals surface area contributed by atoms with Crippen LogP contribution < -0.4 is 0 Å². The first kappa shape index (κ1) is 18.5. The Morgan fingerprint density at radius 2 is 1.65 bits per heavy atom. The molecule has 0 radical (unpaired) electrons. The Morgan fingerprint density at radius 3 is 2.17 bits per heavy atom. The molecule has 2 heterocycles. The summed E-state index contributed by atoms with van der Waals surface area (Å²) in [5.41, 5.74) is 0. The van der Waals surface area contributed by atoms with E-state index in [0.29, 0.717) is 32.8 Å². The van der Waals surface area contributed by atoms with Crippen LogP contribution in [0.15, 0.2) is 0 Å². The van der Waals surface area contributed by atoms with Gasteiger partial charge < -0.3 is 14.5 Å². The summed E-state index contributed by atoms with van der Waals surface area (Å²) in [5, 5.41) is 0. The molecule has 1 amide bonds. The molecule has 0 saturated carbocycles. The Bertz CT molecular complexity index is 377. The van der Waals surface area contributed by atoms with E-state index in [1.807, 2.05) is 0 Å². The van der Waals surface area contributed by atoms with Crippen molar-refractivity contribution in [1.29, 1.82) is 0 Å². The Labute approximate surface area is 135 Å². The highest BCUT2D eigenvalue weighted by molar-refractivity contribution is 5.79. The number of ether oxygens (including phenoxy) is 1. The minimum absolute atomic E-state index is 0.0166. The van der Waals surface area contributed by atoms with Crippen molar-refractivity contribution in [2.24, 2.45) is 5.92 Å². The summed E-state index contributed by atoms with van der Waals surface area (Å²) in [5.74, 6) is 0.131. The molecule has 0 aliphatic carbocycles. The smallest absolute Gasteiger partial charge is 0.383 e. The number of carbonyl (C=O) groups excluding carboxylic acids is 1. The van der Waals surface area contributed by atoms with Crippen molar-refractivity contribution in [3.63, 3.8) is 0 Å². The summed E-state index contributed by atoms with van der Waals surface area (Å²) < 4.78 is 42.2. The van der Waals surface area contributed by atoms with Crippen LogP contribution in [-0.4, -0.2) is 92.9 Å². The van der Waals surface area contributed by atoms with Gasteiger partial charge in [0.2, 0.25) is 5.91 Å². The molecule has 0 aromatic heterocycles. The number of amides is 1. The predicted octanol–water partition coefficient (Wildman–Crippen LogP) is 1.05. The summed E-state index contributed by atoms with van der Waals surface area (Å²) in [7, 11) is 1.68. The first-order valence-corrected chi connectivity index (χ1v) is 8.18. The highest BCUT2D eigenvalue weighted by Crippen LogP contribution is 2.22. The van der Waals surface area contributed by atoms with E-state index in [0.717, 1.165) is 32.5 Å². The van der Waals surface area contributed by atoms with Crippen LogP contribution in [0.2, 0.25) is 0 Å². The van der Waals surface area contributed by atoms with Gasteiger partial charge in [-0.1, -0.05) is 0 Å². The molecule has 23 heavy (non-hydrogen) atoms. The molecule has 2 fully saturated rings. The third kappa shape index (κ3) is 5.93. The lowest BCUT2D eigenvalue weighted by Gasteiger charge is -2.38. The van der Waals surface area contributed by atoms with Gasteiger partial charge in [0, 0.05) is 45.8 Å². The molecule has 5 nitrogen and oxygen atoms in total. The van der Waals surface area contributed by atoms with Gasteiger partial charge in [-0.2, -0.15) is 13.2 Å². The van der Waals surface area contributed by atoms with E-state index in [2.05, 4.69) is 4.90 Å². The number of rotatable bonds is 5. The van der Waals surface area contributed by atoms with Gasteiger partial charge >= 0.3 is 6.18 Å². The monoisotopic (exact) mass is 337 g/mol. The van der Waals surface area contributed by atoms with Crippen molar-refractivity contribution in [1.82, 2.24) is 14.7 Å². The zero-order valence-corrected chi connectivity index (χ0v) is 13.6. The maximum Gasteiger partial charge on any atom is 0.401 e. The largest absolute Gasteiger partial charge is 0.401 e. The van der Waals surface area contributed by atoms with Crippen molar-refractivity contribution in [2.45, 2.75) is 19.0 Å².